The third kappa shape index (κ3) is 6.37. The zero-order chi connectivity index (χ0) is 49.6. The molecule has 9 aliphatic rings. The molecule has 0 heterocycles. The number of rotatable bonds is 6. The first-order valence-electron chi connectivity index (χ1n) is 28.6. The molecule has 0 N–H and O–H groups in total. The van der Waals surface area contributed by atoms with Crippen molar-refractivity contribution < 1.29 is 0 Å². The summed E-state index contributed by atoms with van der Waals surface area (Å²) in [6.45, 7) is 0. The largest absolute Gasteiger partial charge is 0.0842 e. The summed E-state index contributed by atoms with van der Waals surface area (Å²) in [7, 11) is 0. The summed E-state index contributed by atoms with van der Waals surface area (Å²) in [6, 6.07) is 48.3. The molecular formula is C76H58. The van der Waals surface area contributed by atoms with E-state index >= 15 is 0 Å². The maximum atomic E-state index is 2.68. The maximum absolute atomic E-state index is 2.68. The van der Waals surface area contributed by atoms with Crippen molar-refractivity contribution in [2.45, 2.75) is 70.1 Å². The van der Waals surface area contributed by atoms with Crippen LogP contribution in [0, 0.1) is 17.8 Å². The van der Waals surface area contributed by atoms with Gasteiger partial charge in [-0.2, -0.15) is 0 Å². The van der Waals surface area contributed by atoms with Crippen molar-refractivity contribution in [3.05, 3.63) is 267 Å². The van der Waals surface area contributed by atoms with Gasteiger partial charge in [-0.25, -0.2) is 0 Å². The Kier molecular flexibility index (Phi) is 9.51. The van der Waals surface area contributed by atoms with Gasteiger partial charge in [0, 0.05) is 5.92 Å². The highest BCUT2D eigenvalue weighted by Crippen LogP contribution is 2.56. The third-order valence-electron chi connectivity index (χ3n) is 19.3. The Hall–Kier alpha value is -8.06. The molecular weight excluding hydrogens is 913 g/mol. The van der Waals surface area contributed by atoms with E-state index in [1.165, 1.54) is 149 Å². The highest BCUT2D eigenvalue weighted by Gasteiger charge is 2.37. The Bertz CT molecular complexity index is 4430. The van der Waals surface area contributed by atoms with Crippen LogP contribution in [0.1, 0.15) is 86.0 Å². The lowest BCUT2D eigenvalue weighted by atomic mass is 9.71. The average molecular weight is 971 g/mol. The summed E-state index contributed by atoms with van der Waals surface area (Å²) in [5.41, 5.74) is 27.3. The maximum Gasteiger partial charge on any atom is 0.00681 e. The van der Waals surface area contributed by atoms with E-state index < -0.39 is 0 Å². The standard InChI is InChI=1S/C76H58/c1-6-17-45(18-7-1)51-32-33-59-57(35-51)41-65-64-44-67-66(43-63(64)61-28-16-27-60(59)73(61)65)71(49-25-14-5-15-26-49)76-68-42-58-40-55(56-38-53(46-19-8-2-9-20-46)37-54(39-56)47-21-10-3-11-22-47)36-52-30-29-50-31-34-62(74(68)72(50)69(52)58)75(76)70(67)48-23-12-4-13-24-48/h1-2,4-8,10,12-17,19,21-30,32-33,36-37,39-40,42-45,51,56-57H,3,9,11,18,20,31,34-35,38,41H2. The minimum atomic E-state index is 0.277. The first-order valence-corrected chi connectivity index (χ1v) is 28.6. The van der Waals surface area contributed by atoms with Gasteiger partial charge in [-0.15, -0.1) is 0 Å². The quantitative estimate of drug-likeness (QED) is 0.156. The van der Waals surface area contributed by atoms with Crippen LogP contribution in [0.5, 0.6) is 0 Å². The number of benzene rings is 8. The molecule has 17 rings (SSSR count). The Labute approximate surface area is 445 Å². The highest BCUT2D eigenvalue weighted by molar-refractivity contribution is 6.24. The van der Waals surface area contributed by atoms with E-state index in [0.717, 1.165) is 57.8 Å². The van der Waals surface area contributed by atoms with Crippen LogP contribution in [0.3, 0.4) is 0 Å². The Morgan fingerprint density at radius 3 is 2.13 bits per heavy atom. The molecule has 76 heavy (non-hydrogen) atoms. The van der Waals surface area contributed by atoms with E-state index in [-0.39, 0.29) is 5.92 Å². The average Bonchev–Trinajstić information content (AvgIpc) is 4.01. The molecule has 4 unspecified atom stereocenters. The number of aryl methyl sites for hydroxylation is 1. The van der Waals surface area contributed by atoms with E-state index in [4.69, 9.17) is 0 Å². The summed E-state index contributed by atoms with van der Waals surface area (Å²) in [5, 5.41) is 12.8. The van der Waals surface area contributed by atoms with Crippen LogP contribution in [0.15, 0.2) is 229 Å². The van der Waals surface area contributed by atoms with Crippen LogP contribution in [-0.4, -0.2) is 0 Å². The number of allylic oxidation sites excluding steroid dienone is 18. The predicted octanol–water partition coefficient (Wildman–Crippen LogP) is 17.3. The molecule has 8 aromatic carbocycles. The third-order valence-corrected chi connectivity index (χ3v) is 19.3. The number of hydrogen-bond acceptors (Lipinski definition) is 0. The fourth-order valence-electron chi connectivity index (χ4n) is 16.0. The van der Waals surface area contributed by atoms with Crippen molar-refractivity contribution in [3.63, 3.8) is 0 Å². The van der Waals surface area contributed by atoms with Gasteiger partial charge in [-0.3, -0.25) is 0 Å². The van der Waals surface area contributed by atoms with Crippen LogP contribution >= 0.6 is 0 Å². The van der Waals surface area contributed by atoms with Crippen molar-refractivity contribution in [1.82, 2.24) is 0 Å². The van der Waals surface area contributed by atoms with Crippen LogP contribution in [0.4, 0.5) is 0 Å². The Morgan fingerprint density at radius 2 is 1.33 bits per heavy atom. The summed E-state index contributed by atoms with van der Waals surface area (Å²) in [4.78, 5) is 0. The molecule has 8 aromatic rings. The van der Waals surface area contributed by atoms with E-state index in [1.807, 2.05) is 0 Å². The minimum absolute atomic E-state index is 0.277. The van der Waals surface area contributed by atoms with E-state index in [0.29, 0.717) is 17.8 Å². The van der Waals surface area contributed by atoms with Crippen molar-refractivity contribution >= 4 is 49.0 Å². The molecule has 0 radical (unpaired) electrons. The summed E-state index contributed by atoms with van der Waals surface area (Å²) >= 11 is 0. The number of fused-ring (bicyclic) bond motifs is 8. The van der Waals surface area contributed by atoms with Crippen molar-refractivity contribution in [2.75, 3.05) is 0 Å². The second kappa shape index (κ2) is 16.7. The smallest absolute Gasteiger partial charge is 0.00681 e. The van der Waals surface area contributed by atoms with Crippen LogP contribution < -0.4 is 15.7 Å². The highest BCUT2D eigenvalue weighted by atomic mass is 14.4. The minimum Gasteiger partial charge on any atom is -0.0842 e. The molecule has 362 valence electrons. The van der Waals surface area contributed by atoms with Gasteiger partial charge in [-0.05, 0) is 254 Å². The Morgan fingerprint density at radius 1 is 0.487 bits per heavy atom. The van der Waals surface area contributed by atoms with Gasteiger partial charge in [0.1, 0.15) is 0 Å². The van der Waals surface area contributed by atoms with Crippen LogP contribution in [-0.2, 0) is 6.42 Å². The lowest BCUT2D eigenvalue weighted by Crippen LogP contribution is -2.36. The summed E-state index contributed by atoms with van der Waals surface area (Å²) < 4.78 is 0. The molecule has 0 aromatic heterocycles. The zero-order valence-electron chi connectivity index (χ0n) is 43.0. The molecule has 0 saturated heterocycles. The molecule has 0 bridgehead atoms. The van der Waals surface area contributed by atoms with Crippen molar-refractivity contribution in [2.24, 2.45) is 17.8 Å². The summed E-state index contributed by atoms with van der Waals surface area (Å²) in [6.07, 6.45) is 44.7. The second-order valence-corrected chi connectivity index (χ2v) is 23.3. The van der Waals surface area contributed by atoms with Gasteiger partial charge >= 0.3 is 0 Å². The van der Waals surface area contributed by atoms with Gasteiger partial charge < -0.3 is 0 Å². The molecule has 0 heteroatoms. The first-order chi connectivity index (χ1) is 37.7. The second-order valence-electron chi connectivity index (χ2n) is 23.3. The van der Waals surface area contributed by atoms with Crippen molar-refractivity contribution in [3.8, 4) is 44.5 Å². The van der Waals surface area contributed by atoms with E-state index in [9.17, 15) is 0 Å². The lowest BCUT2D eigenvalue weighted by Gasteiger charge is -2.33. The fraction of sp³-hybridized carbons (Fsp3) is 0.184. The monoisotopic (exact) mass is 970 g/mol. The van der Waals surface area contributed by atoms with Gasteiger partial charge in [0.05, 0.1) is 0 Å². The lowest BCUT2D eigenvalue weighted by molar-refractivity contribution is 0.392. The molecule has 9 aliphatic carbocycles. The zero-order valence-corrected chi connectivity index (χ0v) is 43.0. The first kappa shape index (κ1) is 43.2. The van der Waals surface area contributed by atoms with Crippen LogP contribution in [0.25, 0.3) is 93.5 Å². The predicted molar refractivity (Wildman–Crippen MR) is 320 cm³/mol. The molecule has 4 atom stereocenters. The van der Waals surface area contributed by atoms with Gasteiger partial charge in [0.2, 0.25) is 0 Å². The van der Waals surface area contributed by atoms with E-state index in [2.05, 4.69) is 206 Å². The molecule has 0 nitrogen and oxygen atoms in total. The van der Waals surface area contributed by atoms with Gasteiger partial charge in [-0.1, -0.05) is 188 Å². The molecule has 0 fully saturated rings. The molecule has 0 aliphatic heterocycles. The topological polar surface area (TPSA) is 0 Å². The van der Waals surface area contributed by atoms with E-state index in [1.54, 1.807) is 11.1 Å². The number of hydrogen-bond donors (Lipinski definition) is 0. The van der Waals surface area contributed by atoms with Gasteiger partial charge in [0.25, 0.3) is 0 Å². The van der Waals surface area contributed by atoms with Crippen LogP contribution in [0.2, 0.25) is 0 Å². The fourth-order valence-corrected chi connectivity index (χ4v) is 16.0. The molecule has 0 saturated carbocycles. The molecule has 0 spiro atoms. The Balaban J connectivity index is 0.913. The van der Waals surface area contributed by atoms with Crippen molar-refractivity contribution in [1.29, 1.82) is 0 Å². The normalized spacial score (nSPS) is 22.2. The summed E-state index contributed by atoms with van der Waals surface area (Å²) in [5.74, 6) is 1.94. The van der Waals surface area contributed by atoms with Gasteiger partial charge in [0.15, 0.2) is 0 Å². The molecule has 0 amide bonds. The SMILES string of the molecule is C1=CCCC(C2=CC(C3=CCCC=C3)=CC(c3cc4ccc5c6c7c(cc(c3)c46)-c3c(c(-c4ccccc4)c4cc6c(cc4c3-c3ccccc3)-c3cccc4c3=C6CC3CC(C6C=CC=CC6)C=CC=43)C=7CC5)C2)=C1.